The molecule has 0 N–H and O–H groups in total. The van der Waals surface area contributed by atoms with Crippen molar-refractivity contribution >= 4 is 22.8 Å². The van der Waals surface area contributed by atoms with Crippen molar-refractivity contribution < 1.29 is 14.3 Å². The van der Waals surface area contributed by atoms with Gasteiger partial charge in [0, 0.05) is 18.1 Å². The van der Waals surface area contributed by atoms with Gasteiger partial charge in [0.25, 0.3) is 5.91 Å². The first kappa shape index (κ1) is 20.8. The molecule has 6 nitrogen and oxygen atoms in total. The van der Waals surface area contributed by atoms with E-state index in [1.54, 1.807) is 7.05 Å². The Labute approximate surface area is 171 Å². The fraction of sp³-hybridized carbons (Fsp3) is 0.478. The van der Waals surface area contributed by atoms with Crippen molar-refractivity contribution in [3.05, 3.63) is 41.1 Å². The number of fused-ring (bicyclic) bond motifs is 1. The number of nitrogens with zero attached hydrogens (tertiary/aromatic N) is 3. The first-order valence-electron chi connectivity index (χ1n) is 10.2. The molecule has 1 aromatic heterocycles. The predicted molar refractivity (Wildman–Crippen MR) is 110 cm³/mol. The number of para-hydroxylation sites is 1. The van der Waals surface area contributed by atoms with Crippen molar-refractivity contribution in [2.24, 2.45) is 0 Å². The SMILES string of the molecule is CCc1nc2ccccc2c(C(=O)OCC(=O)N(C)C2(C#N)CCCCC2)c1C. The molecule has 1 aromatic carbocycles. The zero-order valence-corrected chi connectivity index (χ0v) is 17.3. The van der Waals surface area contributed by atoms with Crippen molar-refractivity contribution in [3.63, 3.8) is 0 Å². The van der Waals surface area contributed by atoms with Crippen LogP contribution in [-0.2, 0) is 16.0 Å². The quantitative estimate of drug-likeness (QED) is 0.718. The molecule has 0 aliphatic heterocycles. The Morgan fingerprint density at radius 2 is 1.93 bits per heavy atom. The summed E-state index contributed by atoms with van der Waals surface area (Å²) in [5, 5.41) is 10.4. The highest BCUT2D eigenvalue weighted by Crippen LogP contribution is 2.32. The Bertz CT molecular complexity index is 971. The van der Waals surface area contributed by atoms with Crippen LogP contribution >= 0.6 is 0 Å². The molecule has 0 bridgehead atoms. The van der Waals surface area contributed by atoms with Crippen LogP contribution in [0.3, 0.4) is 0 Å². The fourth-order valence-corrected chi connectivity index (χ4v) is 4.16. The highest BCUT2D eigenvalue weighted by molar-refractivity contribution is 6.05. The van der Waals surface area contributed by atoms with Gasteiger partial charge >= 0.3 is 5.97 Å². The Morgan fingerprint density at radius 1 is 1.24 bits per heavy atom. The first-order valence-corrected chi connectivity index (χ1v) is 10.2. The van der Waals surface area contributed by atoms with Crippen LogP contribution in [0.1, 0.15) is 60.6 Å². The number of esters is 1. The number of nitriles is 1. The molecule has 0 atom stereocenters. The number of aromatic nitrogens is 1. The number of hydrogen-bond acceptors (Lipinski definition) is 5. The predicted octanol–water partition coefficient (Wildman–Crippen LogP) is 3.95. The summed E-state index contributed by atoms with van der Waals surface area (Å²) in [5.74, 6) is -0.888. The zero-order chi connectivity index (χ0) is 21.0. The van der Waals surface area contributed by atoms with Crippen molar-refractivity contribution in [1.29, 1.82) is 5.26 Å². The number of amides is 1. The van der Waals surface area contributed by atoms with Crippen LogP contribution in [0.4, 0.5) is 0 Å². The number of carbonyl (C=O) groups is 2. The van der Waals surface area contributed by atoms with Gasteiger partial charge in [0.15, 0.2) is 6.61 Å². The third kappa shape index (κ3) is 3.95. The van der Waals surface area contributed by atoms with Gasteiger partial charge in [-0.05, 0) is 37.8 Å². The van der Waals surface area contributed by atoms with Crippen molar-refractivity contribution in [3.8, 4) is 6.07 Å². The third-order valence-electron chi connectivity index (χ3n) is 6.01. The minimum Gasteiger partial charge on any atom is -0.452 e. The summed E-state index contributed by atoms with van der Waals surface area (Å²) in [6.45, 7) is 3.47. The molecule has 29 heavy (non-hydrogen) atoms. The monoisotopic (exact) mass is 393 g/mol. The molecule has 1 aliphatic rings. The van der Waals surface area contributed by atoms with Gasteiger partial charge in [-0.1, -0.05) is 44.4 Å². The van der Waals surface area contributed by atoms with E-state index in [0.29, 0.717) is 30.2 Å². The molecule has 2 aromatic rings. The Hall–Kier alpha value is -2.94. The molecule has 1 fully saturated rings. The number of rotatable bonds is 5. The highest BCUT2D eigenvalue weighted by atomic mass is 16.5. The second kappa shape index (κ2) is 8.60. The largest absolute Gasteiger partial charge is 0.452 e. The van der Waals surface area contributed by atoms with Gasteiger partial charge in [0.1, 0.15) is 5.54 Å². The molecule has 6 heteroatoms. The van der Waals surface area contributed by atoms with E-state index in [4.69, 9.17) is 4.74 Å². The van der Waals surface area contributed by atoms with Crippen molar-refractivity contribution in [1.82, 2.24) is 9.88 Å². The van der Waals surface area contributed by atoms with E-state index >= 15 is 0 Å². The lowest BCUT2D eigenvalue weighted by Crippen LogP contribution is -2.51. The molecule has 1 saturated carbocycles. The smallest absolute Gasteiger partial charge is 0.339 e. The molecule has 152 valence electrons. The maximum absolute atomic E-state index is 12.9. The van der Waals surface area contributed by atoms with Gasteiger partial charge < -0.3 is 9.64 Å². The number of likely N-dealkylation sites (N-methyl/N-ethyl adjacent to an activating group) is 1. The first-order chi connectivity index (χ1) is 13.9. The number of aryl methyl sites for hydroxylation is 1. The minimum atomic E-state index is -0.795. The van der Waals surface area contributed by atoms with E-state index in [-0.39, 0.29) is 12.5 Å². The fourth-order valence-electron chi connectivity index (χ4n) is 4.16. The van der Waals surface area contributed by atoms with Gasteiger partial charge in [-0.3, -0.25) is 9.78 Å². The van der Waals surface area contributed by atoms with Crippen LogP contribution in [0.5, 0.6) is 0 Å². The van der Waals surface area contributed by atoms with Gasteiger partial charge in [0.05, 0.1) is 17.1 Å². The maximum Gasteiger partial charge on any atom is 0.339 e. The van der Waals surface area contributed by atoms with E-state index in [9.17, 15) is 14.9 Å². The van der Waals surface area contributed by atoms with Crippen molar-refractivity contribution in [2.75, 3.05) is 13.7 Å². The van der Waals surface area contributed by atoms with E-state index in [0.717, 1.165) is 36.0 Å². The van der Waals surface area contributed by atoms with Gasteiger partial charge in [-0.2, -0.15) is 5.26 Å². The number of hydrogen-bond donors (Lipinski definition) is 0. The summed E-state index contributed by atoms with van der Waals surface area (Å²) in [7, 11) is 1.63. The second-order valence-electron chi connectivity index (χ2n) is 7.66. The molecule has 0 saturated heterocycles. The van der Waals surface area contributed by atoms with Crippen LogP contribution in [0, 0.1) is 18.3 Å². The van der Waals surface area contributed by atoms with Crippen LogP contribution in [0.25, 0.3) is 10.9 Å². The minimum absolute atomic E-state index is 0.353. The average molecular weight is 393 g/mol. The standard InChI is InChI=1S/C23H27N3O3/c1-4-18-16(2)21(17-10-6-7-11-19(17)25-18)22(28)29-14-20(27)26(3)23(15-24)12-8-5-9-13-23/h6-7,10-11H,4-5,8-9,12-14H2,1-3H3. The summed E-state index contributed by atoms with van der Waals surface area (Å²) in [4.78, 5) is 31.7. The Kier molecular flexibility index (Phi) is 6.17. The molecule has 3 rings (SSSR count). The van der Waals surface area contributed by atoms with Gasteiger partial charge in [-0.25, -0.2) is 4.79 Å². The van der Waals surface area contributed by atoms with Crippen molar-refractivity contribution in [2.45, 2.75) is 57.9 Å². The topological polar surface area (TPSA) is 83.3 Å². The van der Waals surface area contributed by atoms with Crippen LogP contribution in [0.2, 0.25) is 0 Å². The molecule has 1 heterocycles. The molecular formula is C23H27N3O3. The molecule has 0 radical (unpaired) electrons. The van der Waals surface area contributed by atoms with Crippen LogP contribution in [-0.4, -0.2) is 41.0 Å². The van der Waals surface area contributed by atoms with Crippen LogP contribution in [0.15, 0.2) is 24.3 Å². The number of pyridine rings is 1. The van der Waals surface area contributed by atoms with E-state index in [1.165, 1.54) is 4.90 Å². The molecular weight excluding hydrogens is 366 g/mol. The van der Waals surface area contributed by atoms with E-state index in [1.807, 2.05) is 38.1 Å². The second-order valence-corrected chi connectivity index (χ2v) is 7.66. The molecule has 0 unspecified atom stereocenters. The number of carbonyl (C=O) groups excluding carboxylic acids is 2. The summed E-state index contributed by atoms with van der Waals surface area (Å²) in [5.41, 5.74) is 2.00. The lowest BCUT2D eigenvalue weighted by molar-refractivity contribution is -0.138. The summed E-state index contributed by atoms with van der Waals surface area (Å²) in [6.07, 6.45) is 4.94. The summed E-state index contributed by atoms with van der Waals surface area (Å²) < 4.78 is 5.41. The van der Waals surface area contributed by atoms with Gasteiger partial charge in [0.2, 0.25) is 0 Å². The number of ether oxygens (including phenoxy) is 1. The summed E-state index contributed by atoms with van der Waals surface area (Å²) >= 11 is 0. The third-order valence-corrected chi connectivity index (χ3v) is 6.01. The van der Waals surface area contributed by atoms with E-state index in [2.05, 4.69) is 11.1 Å². The highest BCUT2D eigenvalue weighted by Gasteiger charge is 2.39. The normalized spacial score (nSPS) is 15.5. The zero-order valence-electron chi connectivity index (χ0n) is 17.3. The molecule has 1 amide bonds. The van der Waals surface area contributed by atoms with Crippen LogP contribution < -0.4 is 0 Å². The molecule has 1 aliphatic carbocycles. The number of benzene rings is 1. The Morgan fingerprint density at radius 3 is 2.59 bits per heavy atom. The lowest BCUT2D eigenvalue weighted by atomic mass is 9.81. The van der Waals surface area contributed by atoms with Gasteiger partial charge in [-0.15, -0.1) is 0 Å². The Balaban J connectivity index is 1.80. The lowest BCUT2D eigenvalue weighted by Gasteiger charge is -2.38. The van der Waals surface area contributed by atoms with E-state index < -0.39 is 11.5 Å². The summed E-state index contributed by atoms with van der Waals surface area (Å²) in [6, 6.07) is 9.76. The maximum atomic E-state index is 12.9. The average Bonchev–Trinajstić information content (AvgIpc) is 2.76. The molecule has 0 spiro atoms.